The van der Waals surface area contributed by atoms with Crippen molar-refractivity contribution in [2.24, 2.45) is 0 Å². The fourth-order valence-corrected chi connectivity index (χ4v) is 2.04. The summed E-state index contributed by atoms with van der Waals surface area (Å²) in [5, 5.41) is 3.34. The highest BCUT2D eigenvalue weighted by Crippen LogP contribution is 2.16. The van der Waals surface area contributed by atoms with Gasteiger partial charge in [-0.1, -0.05) is 30.0 Å². The van der Waals surface area contributed by atoms with Gasteiger partial charge >= 0.3 is 0 Å². The molecule has 0 aromatic heterocycles. The monoisotopic (exact) mass is 244 g/mol. The molecule has 1 saturated heterocycles. The maximum Gasteiger partial charge on any atom is 0.123 e. The molecule has 0 spiro atoms. The first-order valence-electron chi connectivity index (χ1n) is 6.41. The van der Waals surface area contributed by atoms with Crippen molar-refractivity contribution in [2.45, 2.75) is 6.42 Å². The number of hydrogen-bond donors (Lipinski definition) is 1. The standard InChI is InChI=1S/C15H20N2O/c1-18-15-8-3-2-6-14(15)7-4-5-11-17-12-9-16-10-13-17/h2-3,6,8,16H,7,9-13H2,1H3. The van der Waals surface area contributed by atoms with Crippen LogP contribution in [0.15, 0.2) is 24.3 Å². The highest BCUT2D eigenvalue weighted by Gasteiger charge is 2.06. The maximum absolute atomic E-state index is 5.31. The molecule has 0 saturated carbocycles. The Morgan fingerprint density at radius 3 is 2.78 bits per heavy atom. The molecule has 0 bridgehead atoms. The summed E-state index contributed by atoms with van der Waals surface area (Å²) in [6, 6.07) is 8.05. The molecule has 2 rings (SSSR count). The lowest BCUT2D eigenvalue weighted by atomic mass is 10.1. The number of para-hydroxylation sites is 1. The molecule has 3 nitrogen and oxygen atoms in total. The molecule has 18 heavy (non-hydrogen) atoms. The Morgan fingerprint density at radius 2 is 2.00 bits per heavy atom. The average molecular weight is 244 g/mol. The molecule has 1 heterocycles. The van der Waals surface area contributed by atoms with Gasteiger partial charge in [-0.3, -0.25) is 4.90 Å². The average Bonchev–Trinajstić information content (AvgIpc) is 2.45. The lowest BCUT2D eigenvalue weighted by molar-refractivity contribution is 0.268. The third-order valence-corrected chi connectivity index (χ3v) is 3.11. The second-order valence-electron chi connectivity index (χ2n) is 4.37. The van der Waals surface area contributed by atoms with Crippen LogP contribution in [0.2, 0.25) is 0 Å². The van der Waals surface area contributed by atoms with Gasteiger partial charge in [0, 0.05) is 38.2 Å². The van der Waals surface area contributed by atoms with Crippen molar-refractivity contribution in [3.8, 4) is 17.6 Å². The molecule has 1 aliphatic rings. The Hall–Kier alpha value is -1.50. The number of rotatable bonds is 3. The molecule has 0 atom stereocenters. The molecule has 96 valence electrons. The summed E-state index contributed by atoms with van der Waals surface area (Å²) in [5.41, 5.74) is 1.16. The Balaban J connectivity index is 1.83. The van der Waals surface area contributed by atoms with Crippen molar-refractivity contribution in [1.82, 2.24) is 10.2 Å². The molecular weight excluding hydrogens is 224 g/mol. The van der Waals surface area contributed by atoms with Crippen molar-refractivity contribution in [3.63, 3.8) is 0 Å². The fourth-order valence-electron chi connectivity index (χ4n) is 2.04. The van der Waals surface area contributed by atoms with E-state index < -0.39 is 0 Å². The predicted octanol–water partition coefficient (Wildman–Crippen LogP) is 1.15. The normalized spacial score (nSPS) is 15.8. The first kappa shape index (κ1) is 12.9. The summed E-state index contributed by atoms with van der Waals surface area (Å²) in [5.74, 6) is 7.40. The number of hydrogen-bond acceptors (Lipinski definition) is 3. The molecule has 1 aromatic rings. The summed E-state index contributed by atoms with van der Waals surface area (Å²) in [4.78, 5) is 2.38. The zero-order valence-corrected chi connectivity index (χ0v) is 10.9. The molecule has 1 aliphatic heterocycles. The molecule has 0 amide bonds. The van der Waals surface area contributed by atoms with Crippen molar-refractivity contribution < 1.29 is 4.74 Å². The van der Waals surface area contributed by atoms with E-state index in [0.717, 1.165) is 50.5 Å². The summed E-state index contributed by atoms with van der Waals surface area (Å²) < 4.78 is 5.31. The molecule has 1 N–H and O–H groups in total. The van der Waals surface area contributed by atoms with Crippen molar-refractivity contribution in [1.29, 1.82) is 0 Å². The SMILES string of the molecule is COc1ccccc1CC#CCN1CCNCC1. The lowest BCUT2D eigenvalue weighted by Gasteiger charge is -2.24. The van der Waals surface area contributed by atoms with E-state index in [2.05, 4.69) is 28.1 Å². The van der Waals surface area contributed by atoms with Crippen LogP contribution in [0.5, 0.6) is 5.75 Å². The summed E-state index contributed by atoms with van der Waals surface area (Å²) >= 11 is 0. The minimum Gasteiger partial charge on any atom is -0.496 e. The summed E-state index contributed by atoms with van der Waals surface area (Å²) in [6.07, 6.45) is 0.760. The van der Waals surface area contributed by atoms with Gasteiger partial charge in [0.2, 0.25) is 0 Å². The van der Waals surface area contributed by atoms with Crippen LogP contribution in [-0.4, -0.2) is 44.7 Å². The molecule has 0 unspecified atom stereocenters. The Bertz CT molecular complexity index is 428. The smallest absolute Gasteiger partial charge is 0.123 e. The van der Waals surface area contributed by atoms with Crippen molar-refractivity contribution >= 4 is 0 Å². The van der Waals surface area contributed by atoms with E-state index in [1.54, 1.807) is 7.11 Å². The Morgan fingerprint density at radius 1 is 1.22 bits per heavy atom. The highest BCUT2D eigenvalue weighted by atomic mass is 16.5. The highest BCUT2D eigenvalue weighted by molar-refractivity contribution is 5.35. The topological polar surface area (TPSA) is 24.5 Å². The third kappa shape index (κ3) is 3.76. The van der Waals surface area contributed by atoms with E-state index in [4.69, 9.17) is 4.74 Å². The molecule has 3 heteroatoms. The van der Waals surface area contributed by atoms with Crippen LogP contribution in [-0.2, 0) is 6.42 Å². The first-order valence-corrected chi connectivity index (χ1v) is 6.41. The molecule has 0 radical (unpaired) electrons. The van der Waals surface area contributed by atoms with Gasteiger partial charge < -0.3 is 10.1 Å². The summed E-state index contributed by atoms with van der Waals surface area (Å²) in [7, 11) is 1.70. The first-order chi connectivity index (χ1) is 8.90. The van der Waals surface area contributed by atoms with Crippen molar-refractivity contribution in [3.05, 3.63) is 29.8 Å². The van der Waals surface area contributed by atoms with Gasteiger partial charge in [-0.2, -0.15) is 0 Å². The molecule has 1 aromatic carbocycles. The number of methoxy groups -OCH3 is 1. The third-order valence-electron chi connectivity index (χ3n) is 3.11. The quantitative estimate of drug-likeness (QED) is 0.807. The van der Waals surface area contributed by atoms with Crippen LogP contribution < -0.4 is 10.1 Å². The van der Waals surface area contributed by atoms with Crippen LogP contribution in [0.25, 0.3) is 0 Å². The second kappa shape index (κ2) is 7.05. The zero-order valence-electron chi connectivity index (χ0n) is 10.9. The largest absolute Gasteiger partial charge is 0.496 e. The van der Waals surface area contributed by atoms with E-state index in [1.807, 2.05) is 18.2 Å². The maximum atomic E-state index is 5.31. The lowest BCUT2D eigenvalue weighted by Crippen LogP contribution is -2.43. The fraction of sp³-hybridized carbons (Fsp3) is 0.467. The number of piperazine rings is 1. The van der Waals surface area contributed by atoms with Gasteiger partial charge in [0.05, 0.1) is 13.7 Å². The molecular formula is C15H20N2O. The van der Waals surface area contributed by atoms with Gasteiger partial charge in [-0.05, 0) is 6.07 Å². The Kier molecular flexibility index (Phi) is 5.07. The zero-order chi connectivity index (χ0) is 12.6. The van der Waals surface area contributed by atoms with Crippen LogP contribution in [0, 0.1) is 11.8 Å². The minimum absolute atomic E-state index is 0.760. The number of nitrogens with zero attached hydrogens (tertiary/aromatic N) is 1. The second-order valence-corrected chi connectivity index (χ2v) is 4.37. The van der Waals surface area contributed by atoms with E-state index >= 15 is 0 Å². The predicted molar refractivity (Wildman–Crippen MR) is 73.8 cm³/mol. The van der Waals surface area contributed by atoms with Crippen LogP contribution in [0.1, 0.15) is 5.56 Å². The van der Waals surface area contributed by atoms with Crippen LogP contribution >= 0.6 is 0 Å². The van der Waals surface area contributed by atoms with Gasteiger partial charge in [0.1, 0.15) is 5.75 Å². The van der Waals surface area contributed by atoms with Gasteiger partial charge in [0.25, 0.3) is 0 Å². The van der Waals surface area contributed by atoms with Crippen LogP contribution in [0.3, 0.4) is 0 Å². The van der Waals surface area contributed by atoms with E-state index in [-0.39, 0.29) is 0 Å². The number of benzene rings is 1. The van der Waals surface area contributed by atoms with Crippen LogP contribution in [0.4, 0.5) is 0 Å². The van der Waals surface area contributed by atoms with E-state index in [1.165, 1.54) is 0 Å². The summed E-state index contributed by atoms with van der Waals surface area (Å²) in [6.45, 7) is 5.23. The molecule has 1 fully saturated rings. The van der Waals surface area contributed by atoms with Gasteiger partial charge in [-0.15, -0.1) is 0 Å². The molecule has 0 aliphatic carbocycles. The van der Waals surface area contributed by atoms with E-state index in [9.17, 15) is 0 Å². The van der Waals surface area contributed by atoms with Crippen molar-refractivity contribution in [2.75, 3.05) is 39.8 Å². The van der Waals surface area contributed by atoms with Gasteiger partial charge in [0.15, 0.2) is 0 Å². The Labute approximate surface area is 109 Å². The number of nitrogens with one attached hydrogen (secondary N) is 1. The van der Waals surface area contributed by atoms with E-state index in [0.29, 0.717) is 0 Å². The minimum atomic E-state index is 0.760. The number of ether oxygens (including phenoxy) is 1. The van der Waals surface area contributed by atoms with Gasteiger partial charge in [-0.25, -0.2) is 0 Å².